The van der Waals surface area contributed by atoms with Gasteiger partial charge in [0.15, 0.2) is 0 Å². The van der Waals surface area contributed by atoms with Crippen LogP contribution in [0, 0.1) is 25.7 Å². The van der Waals surface area contributed by atoms with E-state index >= 15 is 0 Å². The van der Waals surface area contributed by atoms with Gasteiger partial charge in [-0.05, 0) is 56.8 Å². The molecule has 1 aromatic heterocycles. The van der Waals surface area contributed by atoms with Gasteiger partial charge in [-0.1, -0.05) is 12.8 Å². The van der Waals surface area contributed by atoms with E-state index in [2.05, 4.69) is 10.3 Å². The molecule has 104 valence electrons. The third kappa shape index (κ3) is 3.53. The SMILES string of the molecule is Cc1cc(C)nc(NC(=O)C2CCCCC2CN)c1. The molecule has 19 heavy (non-hydrogen) atoms. The number of hydrogen-bond donors (Lipinski definition) is 2. The van der Waals surface area contributed by atoms with E-state index in [0.717, 1.165) is 30.5 Å². The van der Waals surface area contributed by atoms with Crippen LogP contribution in [0.3, 0.4) is 0 Å². The van der Waals surface area contributed by atoms with Gasteiger partial charge in [-0.2, -0.15) is 0 Å². The Balaban J connectivity index is 2.07. The lowest BCUT2D eigenvalue weighted by atomic mass is 9.79. The molecule has 2 atom stereocenters. The number of carbonyl (C=O) groups excluding carboxylic acids is 1. The summed E-state index contributed by atoms with van der Waals surface area (Å²) in [5, 5.41) is 2.95. The first-order chi connectivity index (χ1) is 9.10. The smallest absolute Gasteiger partial charge is 0.228 e. The number of carbonyl (C=O) groups is 1. The van der Waals surface area contributed by atoms with Crippen molar-refractivity contribution in [2.75, 3.05) is 11.9 Å². The largest absolute Gasteiger partial charge is 0.330 e. The second kappa shape index (κ2) is 6.15. The number of rotatable bonds is 3. The fraction of sp³-hybridized carbons (Fsp3) is 0.600. The second-order valence-corrected chi connectivity index (χ2v) is 5.55. The molecule has 2 rings (SSSR count). The maximum atomic E-state index is 12.4. The van der Waals surface area contributed by atoms with Crippen molar-refractivity contribution < 1.29 is 4.79 Å². The zero-order valence-electron chi connectivity index (χ0n) is 11.8. The Morgan fingerprint density at radius 3 is 2.79 bits per heavy atom. The topological polar surface area (TPSA) is 68.0 Å². The van der Waals surface area contributed by atoms with Gasteiger partial charge in [0.25, 0.3) is 0 Å². The molecular weight excluding hydrogens is 238 g/mol. The lowest BCUT2D eigenvalue weighted by Gasteiger charge is -2.29. The number of nitrogens with two attached hydrogens (primary N) is 1. The van der Waals surface area contributed by atoms with E-state index in [1.54, 1.807) is 0 Å². The molecule has 1 heterocycles. The predicted octanol–water partition coefficient (Wildman–Crippen LogP) is 2.40. The van der Waals surface area contributed by atoms with Gasteiger partial charge in [0.2, 0.25) is 5.91 Å². The highest BCUT2D eigenvalue weighted by atomic mass is 16.2. The monoisotopic (exact) mass is 261 g/mol. The van der Waals surface area contributed by atoms with Crippen molar-refractivity contribution in [3.63, 3.8) is 0 Å². The van der Waals surface area contributed by atoms with Crippen LogP contribution in [0.5, 0.6) is 0 Å². The standard InChI is InChI=1S/C15H23N3O/c1-10-7-11(2)17-14(8-10)18-15(19)13-6-4-3-5-12(13)9-16/h7-8,12-13H,3-6,9,16H2,1-2H3,(H,17,18,19). The summed E-state index contributed by atoms with van der Waals surface area (Å²) in [7, 11) is 0. The van der Waals surface area contributed by atoms with E-state index < -0.39 is 0 Å². The Morgan fingerprint density at radius 2 is 2.11 bits per heavy atom. The first-order valence-electron chi connectivity index (χ1n) is 7.06. The minimum Gasteiger partial charge on any atom is -0.330 e. The number of aromatic nitrogens is 1. The first kappa shape index (κ1) is 14.0. The number of nitrogens with zero attached hydrogens (tertiary/aromatic N) is 1. The lowest BCUT2D eigenvalue weighted by molar-refractivity contribution is -0.122. The van der Waals surface area contributed by atoms with Crippen molar-refractivity contribution in [1.82, 2.24) is 4.98 Å². The summed E-state index contributed by atoms with van der Waals surface area (Å²) in [5.74, 6) is 1.09. The fourth-order valence-corrected chi connectivity index (χ4v) is 2.96. The summed E-state index contributed by atoms with van der Waals surface area (Å²) in [6.45, 7) is 4.54. The molecule has 1 saturated carbocycles. The second-order valence-electron chi connectivity index (χ2n) is 5.55. The Morgan fingerprint density at radius 1 is 1.37 bits per heavy atom. The quantitative estimate of drug-likeness (QED) is 0.878. The number of hydrogen-bond acceptors (Lipinski definition) is 3. The molecule has 1 aliphatic rings. The van der Waals surface area contributed by atoms with Crippen LogP contribution in [0.1, 0.15) is 36.9 Å². The highest BCUT2D eigenvalue weighted by Crippen LogP contribution is 2.30. The van der Waals surface area contributed by atoms with Gasteiger partial charge in [-0.15, -0.1) is 0 Å². The molecule has 4 heteroatoms. The van der Waals surface area contributed by atoms with Crippen LogP contribution < -0.4 is 11.1 Å². The van der Waals surface area contributed by atoms with Gasteiger partial charge in [0.05, 0.1) is 0 Å². The minimum atomic E-state index is 0.0429. The molecule has 0 saturated heterocycles. The highest BCUT2D eigenvalue weighted by Gasteiger charge is 2.30. The zero-order valence-corrected chi connectivity index (χ0v) is 11.8. The molecule has 0 bridgehead atoms. The van der Waals surface area contributed by atoms with Crippen LogP contribution in [0.15, 0.2) is 12.1 Å². The van der Waals surface area contributed by atoms with Crippen LogP contribution >= 0.6 is 0 Å². The molecule has 1 fully saturated rings. The molecular formula is C15H23N3O. The summed E-state index contributed by atoms with van der Waals surface area (Å²) >= 11 is 0. The minimum absolute atomic E-state index is 0.0429. The normalized spacial score (nSPS) is 23.1. The van der Waals surface area contributed by atoms with Crippen molar-refractivity contribution in [2.24, 2.45) is 17.6 Å². The molecule has 2 unspecified atom stereocenters. The van der Waals surface area contributed by atoms with Gasteiger partial charge in [-0.3, -0.25) is 4.79 Å². The van der Waals surface area contributed by atoms with E-state index in [0.29, 0.717) is 18.3 Å². The third-order valence-electron chi connectivity index (χ3n) is 3.90. The molecule has 1 aliphatic carbocycles. The Bertz CT molecular complexity index is 438. The summed E-state index contributed by atoms with van der Waals surface area (Å²) in [5.41, 5.74) is 7.82. The Hall–Kier alpha value is -1.42. The molecule has 0 aromatic carbocycles. The summed E-state index contributed by atoms with van der Waals surface area (Å²) in [6, 6.07) is 3.91. The van der Waals surface area contributed by atoms with Gasteiger partial charge >= 0.3 is 0 Å². The molecule has 1 amide bonds. The van der Waals surface area contributed by atoms with Crippen LogP contribution in [0.25, 0.3) is 0 Å². The van der Waals surface area contributed by atoms with Gasteiger partial charge in [0.1, 0.15) is 5.82 Å². The average Bonchev–Trinajstić information content (AvgIpc) is 2.37. The maximum absolute atomic E-state index is 12.4. The van der Waals surface area contributed by atoms with Gasteiger partial charge < -0.3 is 11.1 Å². The number of aryl methyl sites for hydroxylation is 2. The van der Waals surface area contributed by atoms with Crippen LogP contribution in [0.4, 0.5) is 5.82 Å². The van der Waals surface area contributed by atoms with Crippen molar-refractivity contribution in [1.29, 1.82) is 0 Å². The van der Waals surface area contributed by atoms with Crippen molar-refractivity contribution in [3.05, 3.63) is 23.4 Å². The number of nitrogens with one attached hydrogen (secondary N) is 1. The van der Waals surface area contributed by atoms with E-state index in [4.69, 9.17) is 5.73 Å². The first-order valence-corrected chi connectivity index (χ1v) is 7.06. The summed E-state index contributed by atoms with van der Waals surface area (Å²) < 4.78 is 0. The zero-order chi connectivity index (χ0) is 13.8. The van der Waals surface area contributed by atoms with Crippen molar-refractivity contribution in [2.45, 2.75) is 39.5 Å². The van der Waals surface area contributed by atoms with E-state index in [-0.39, 0.29) is 11.8 Å². The third-order valence-corrected chi connectivity index (χ3v) is 3.90. The molecule has 0 radical (unpaired) electrons. The average molecular weight is 261 g/mol. The van der Waals surface area contributed by atoms with Crippen LogP contribution in [-0.4, -0.2) is 17.4 Å². The van der Waals surface area contributed by atoms with Gasteiger partial charge in [-0.25, -0.2) is 4.98 Å². The summed E-state index contributed by atoms with van der Waals surface area (Å²) in [4.78, 5) is 16.7. The van der Waals surface area contributed by atoms with Gasteiger partial charge in [0, 0.05) is 11.6 Å². The Labute approximate surface area is 114 Å². The number of amides is 1. The van der Waals surface area contributed by atoms with Crippen LogP contribution in [-0.2, 0) is 4.79 Å². The Kier molecular flexibility index (Phi) is 4.53. The van der Waals surface area contributed by atoms with Crippen LogP contribution in [0.2, 0.25) is 0 Å². The molecule has 4 nitrogen and oxygen atoms in total. The number of anilines is 1. The molecule has 0 aliphatic heterocycles. The van der Waals surface area contributed by atoms with E-state index in [1.807, 2.05) is 26.0 Å². The summed E-state index contributed by atoms with van der Waals surface area (Å²) in [6.07, 6.45) is 4.32. The molecule has 1 aromatic rings. The van der Waals surface area contributed by atoms with E-state index in [1.165, 1.54) is 6.42 Å². The highest BCUT2D eigenvalue weighted by molar-refractivity contribution is 5.92. The lowest BCUT2D eigenvalue weighted by Crippen LogP contribution is -2.35. The van der Waals surface area contributed by atoms with Crippen molar-refractivity contribution in [3.8, 4) is 0 Å². The van der Waals surface area contributed by atoms with Crippen molar-refractivity contribution >= 4 is 11.7 Å². The van der Waals surface area contributed by atoms with E-state index in [9.17, 15) is 4.79 Å². The fourth-order valence-electron chi connectivity index (χ4n) is 2.96. The molecule has 0 spiro atoms. The predicted molar refractivity (Wildman–Crippen MR) is 76.8 cm³/mol. The maximum Gasteiger partial charge on any atom is 0.228 e. The molecule has 3 N–H and O–H groups in total. The number of pyridine rings is 1.